The van der Waals surface area contributed by atoms with Crippen LogP contribution in [0.3, 0.4) is 0 Å². The Hall–Kier alpha value is -1.93. The third-order valence-electron chi connectivity index (χ3n) is 4.92. The normalized spacial score (nSPS) is 16.1. The van der Waals surface area contributed by atoms with Gasteiger partial charge in [-0.1, -0.05) is 29.8 Å². The van der Waals surface area contributed by atoms with Crippen LogP contribution in [0.15, 0.2) is 47.4 Å². The van der Waals surface area contributed by atoms with Crippen molar-refractivity contribution in [3.63, 3.8) is 0 Å². The molecule has 1 fully saturated rings. The van der Waals surface area contributed by atoms with Gasteiger partial charge in [-0.15, -0.1) is 0 Å². The van der Waals surface area contributed by atoms with E-state index < -0.39 is 10.0 Å². The minimum Gasteiger partial charge on any atom is -0.348 e. The molecule has 1 aliphatic heterocycles. The molecule has 1 heterocycles. The number of likely N-dealkylation sites (N-methyl/N-ethyl adjacent to an activating group) is 1. The number of nitrogens with zero attached hydrogens (tertiary/aromatic N) is 2. The molecule has 1 N–H and O–H groups in total. The van der Waals surface area contributed by atoms with Crippen LogP contribution in [-0.4, -0.2) is 56.8 Å². The summed E-state index contributed by atoms with van der Waals surface area (Å²) in [6, 6.07) is 11.9. The molecule has 0 aromatic heterocycles. The smallest absolute Gasteiger partial charge is 0.251 e. The van der Waals surface area contributed by atoms with Gasteiger partial charge in [-0.2, -0.15) is 4.31 Å². The predicted octanol–water partition coefficient (Wildman–Crippen LogP) is 2.51. The molecule has 1 aliphatic rings. The number of carbonyl (C=O) groups is 1. The molecule has 0 aliphatic carbocycles. The van der Waals surface area contributed by atoms with Crippen molar-refractivity contribution < 1.29 is 13.2 Å². The van der Waals surface area contributed by atoms with Crippen molar-refractivity contribution in [1.29, 1.82) is 0 Å². The molecule has 0 spiro atoms. The summed E-state index contributed by atoms with van der Waals surface area (Å²) >= 11 is 5.87. The van der Waals surface area contributed by atoms with Crippen molar-refractivity contribution in [2.45, 2.75) is 18.4 Å². The number of carbonyl (C=O) groups excluding carboxylic acids is 1. The average molecular weight is 422 g/mol. The van der Waals surface area contributed by atoms with Crippen LogP contribution in [0.4, 0.5) is 0 Å². The van der Waals surface area contributed by atoms with Gasteiger partial charge in [0, 0.05) is 43.3 Å². The van der Waals surface area contributed by atoms with Crippen molar-refractivity contribution >= 4 is 27.5 Å². The molecule has 3 rings (SSSR count). The SMILES string of the molecule is Cc1ccc(S(=O)(=O)N2CCN(C)CC2)cc1C(=O)NCc1ccc(Cl)cc1. The van der Waals surface area contributed by atoms with E-state index in [1.54, 1.807) is 31.2 Å². The lowest BCUT2D eigenvalue weighted by Crippen LogP contribution is -2.47. The Balaban J connectivity index is 1.76. The summed E-state index contributed by atoms with van der Waals surface area (Å²) in [6.45, 7) is 4.42. The average Bonchev–Trinajstić information content (AvgIpc) is 2.68. The van der Waals surface area contributed by atoms with Crippen LogP contribution < -0.4 is 5.32 Å². The molecule has 1 amide bonds. The number of nitrogens with one attached hydrogen (secondary N) is 1. The minimum absolute atomic E-state index is 0.152. The van der Waals surface area contributed by atoms with E-state index in [1.165, 1.54) is 10.4 Å². The van der Waals surface area contributed by atoms with Crippen LogP contribution in [0.2, 0.25) is 5.02 Å². The highest BCUT2D eigenvalue weighted by atomic mass is 35.5. The fourth-order valence-corrected chi connectivity index (χ4v) is 4.64. The zero-order valence-electron chi connectivity index (χ0n) is 16.0. The number of aryl methyl sites for hydroxylation is 1. The first-order valence-corrected chi connectivity index (χ1v) is 10.9. The Kier molecular flexibility index (Phi) is 6.40. The summed E-state index contributed by atoms with van der Waals surface area (Å²) in [6.07, 6.45) is 0. The Morgan fingerprint density at radius 1 is 1.07 bits per heavy atom. The van der Waals surface area contributed by atoms with Gasteiger partial charge in [0.05, 0.1) is 4.90 Å². The number of amides is 1. The molecule has 150 valence electrons. The van der Waals surface area contributed by atoms with Crippen LogP contribution in [0.1, 0.15) is 21.5 Å². The van der Waals surface area contributed by atoms with E-state index in [4.69, 9.17) is 11.6 Å². The fourth-order valence-electron chi connectivity index (χ4n) is 3.06. The standard InChI is InChI=1S/C20H24ClN3O3S/c1-15-3-8-18(28(26,27)24-11-9-23(2)10-12-24)13-19(15)20(25)22-14-16-4-6-17(21)7-5-16/h3-8,13H,9-12,14H2,1-2H3,(H,22,25). The van der Waals surface area contributed by atoms with E-state index in [-0.39, 0.29) is 10.8 Å². The van der Waals surface area contributed by atoms with Crippen LogP contribution in [-0.2, 0) is 16.6 Å². The van der Waals surface area contributed by atoms with Gasteiger partial charge in [0.1, 0.15) is 0 Å². The lowest BCUT2D eigenvalue weighted by Gasteiger charge is -2.31. The van der Waals surface area contributed by atoms with Crippen molar-refractivity contribution in [2.24, 2.45) is 0 Å². The largest absolute Gasteiger partial charge is 0.348 e. The summed E-state index contributed by atoms with van der Waals surface area (Å²) in [4.78, 5) is 14.9. The number of benzene rings is 2. The van der Waals surface area contributed by atoms with Gasteiger partial charge in [0.15, 0.2) is 0 Å². The van der Waals surface area contributed by atoms with E-state index in [0.29, 0.717) is 43.3 Å². The number of halogens is 1. The summed E-state index contributed by atoms with van der Waals surface area (Å²) in [5, 5.41) is 3.47. The van der Waals surface area contributed by atoms with E-state index >= 15 is 0 Å². The molecule has 0 saturated carbocycles. The quantitative estimate of drug-likeness (QED) is 0.805. The maximum atomic E-state index is 13.0. The van der Waals surface area contributed by atoms with Gasteiger partial charge in [-0.25, -0.2) is 8.42 Å². The first-order chi connectivity index (χ1) is 13.3. The number of sulfonamides is 1. The van der Waals surface area contributed by atoms with Crippen molar-refractivity contribution in [1.82, 2.24) is 14.5 Å². The van der Waals surface area contributed by atoms with Crippen LogP contribution in [0.5, 0.6) is 0 Å². The maximum absolute atomic E-state index is 13.0. The molecule has 0 unspecified atom stereocenters. The molecule has 28 heavy (non-hydrogen) atoms. The Morgan fingerprint density at radius 2 is 1.71 bits per heavy atom. The van der Waals surface area contributed by atoms with Gasteiger partial charge in [-0.05, 0) is 49.4 Å². The number of piperazine rings is 1. The van der Waals surface area contributed by atoms with E-state index in [9.17, 15) is 13.2 Å². The highest BCUT2D eigenvalue weighted by Crippen LogP contribution is 2.21. The van der Waals surface area contributed by atoms with Gasteiger partial charge in [-0.3, -0.25) is 4.79 Å². The van der Waals surface area contributed by atoms with Gasteiger partial charge in [0.25, 0.3) is 5.91 Å². The van der Waals surface area contributed by atoms with E-state index in [1.807, 2.05) is 19.2 Å². The van der Waals surface area contributed by atoms with Gasteiger partial charge >= 0.3 is 0 Å². The van der Waals surface area contributed by atoms with Gasteiger partial charge < -0.3 is 10.2 Å². The zero-order valence-corrected chi connectivity index (χ0v) is 17.6. The van der Waals surface area contributed by atoms with Crippen LogP contribution in [0.25, 0.3) is 0 Å². The van der Waals surface area contributed by atoms with Crippen LogP contribution >= 0.6 is 11.6 Å². The first kappa shape index (κ1) is 20.8. The number of hydrogen-bond acceptors (Lipinski definition) is 4. The van der Waals surface area contributed by atoms with Gasteiger partial charge in [0.2, 0.25) is 10.0 Å². The van der Waals surface area contributed by atoms with Crippen molar-refractivity contribution in [3.8, 4) is 0 Å². The maximum Gasteiger partial charge on any atom is 0.251 e. The molecule has 2 aromatic rings. The topological polar surface area (TPSA) is 69.7 Å². The summed E-state index contributed by atoms with van der Waals surface area (Å²) in [5.41, 5.74) is 2.01. The Labute approximate surface area is 171 Å². The fraction of sp³-hybridized carbons (Fsp3) is 0.350. The predicted molar refractivity (Wildman–Crippen MR) is 110 cm³/mol. The number of hydrogen-bond donors (Lipinski definition) is 1. The van der Waals surface area contributed by atoms with Crippen LogP contribution in [0, 0.1) is 6.92 Å². The van der Waals surface area contributed by atoms with Crippen molar-refractivity contribution in [3.05, 3.63) is 64.2 Å². The second-order valence-electron chi connectivity index (χ2n) is 6.99. The summed E-state index contributed by atoms with van der Waals surface area (Å²) in [5.74, 6) is -0.303. The van der Waals surface area contributed by atoms with E-state index in [2.05, 4.69) is 10.2 Å². The summed E-state index contributed by atoms with van der Waals surface area (Å²) in [7, 11) is -1.65. The molecular weight excluding hydrogens is 398 g/mol. The van der Waals surface area contributed by atoms with E-state index in [0.717, 1.165) is 11.1 Å². The molecule has 0 atom stereocenters. The molecule has 0 radical (unpaired) electrons. The monoisotopic (exact) mass is 421 g/mol. The third kappa shape index (κ3) is 4.72. The summed E-state index contributed by atoms with van der Waals surface area (Å²) < 4.78 is 27.4. The second kappa shape index (κ2) is 8.61. The third-order valence-corrected chi connectivity index (χ3v) is 7.07. The molecule has 1 saturated heterocycles. The Bertz CT molecular complexity index is 953. The molecule has 0 bridgehead atoms. The molecule has 6 nitrogen and oxygen atoms in total. The highest BCUT2D eigenvalue weighted by Gasteiger charge is 2.28. The first-order valence-electron chi connectivity index (χ1n) is 9.09. The lowest BCUT2D eigenvalue weighted by molar-refractivity contribution is 0.0950. The minimum atomic E-state index is -3.62. The second-order valence-corrected chi connectivity index (χ2v) is 9.37. The lowest BCUT2D eigenvalue weighted by atomic mass is 10.1. The molecule has 2 aromatic carbocycles. The zero-order chi connectivity index (χ0) is 20.3. The molecule has 8 heteroatoms. The Morgan fingerprint density at radius 3 is 2.36 bits per heavy atom. The highest BCUT2D eigenvalue weighted by molar-refractivity contribution is 7.89. The van der Waals surface area contributed by atoms with Crippen molar-refractivity contribution in [2.75, 3.05) is 33.2 Å². The number of rotatable bonds is 5. The molecular formula is C20H24ClN3O3S.